The van der Waals surface area contributed by atoms with Crippen molar-refractivity contribution in [2.75, 3.05) is 0 Å². The Morgan fingerprint density at radius 2 is 1.53 bits per heavy atom. The molecule has 0 spiro atoms. The van der Waals surface area contributed by atoms with Crippen molar-refractivity contribution < 1.29 is 14.8 Å². The van der Waals surface area contributed by atoms with Crippen LogP contribution in [0.25, 0.3) is 0 Å². The fourth-order valence-electron chi connectivity index (χ4n) is 2.45. The second kappa shape index (κ2) is 5.31. The minimum absolute atomic E-state index is 0.0557. The monoisotopic (exact) mass is 258 g/mol. The Morgan fingerprint density at radius 1 is 0.895 bits per heavy atom. The van der Waals surface area contributed by atoms with Crippen LogP contribution in [-0.2, 0) is 13.0 Å². The maximum atomic E-state index is 9.49. The summed E-state index contributed by atoms with van der Waals surface area (Å²) in [4.78, 5) is 0. The summed E-state index contributed by atoms with van der Waals surface area (Å²) in [6, 6.07) is 9.33. The number of aromatic hydroxyl groups is 2. The lowest BCUT2D eigenvalue weighted by molar-refractivity contribution is -0.708. The quantitative estimate of drug-likeness (QED) is 0.656. The molecule has 3 nitrogen and oxygen atoms in total. The Bertz CT molecular complexity index is 583. The van der Waals surface area contributed by atoms with E-state index in [1.54, 1.807) is 6.07 Å². The topological polar surface area (TPSA) is 44.3 Å². The second-order valence-electron chi connectivity index (χ2n) is 5.04. The van der Waals surface area contributed by atoms with Crippen LogP contribution in [0.15, 0.2) is 30.3 Å². The third-order valence-electron chi connectivity index (χ3n) is 3.39. The molecule has 0 fully saturated rings. The molecule has 0 saturated carbocycles. The summed E-state index contributed by atoms with van der Waals surface area (Å²) >= 11 is 0. The van der Waals surface area contributed by atoms with Gasteiger partial charge in [-0.1, -0.05) is 6.07 Å². The van der Waals surface area contributed by atoms with Crippen LogP contribution < -0.4 is 4.57 Å². The molecule has 0 bridgehead atoms. The second-order valence-corrected chi connectivity index (χ2v) is 5.04. The van der Waals surface area contributed by atoms with Crippen molar-refractivity contribution in [1.82, 2.24) is 0 Å². The number of phenolic OH excluding ortho intramolecular Hbond substituents is 2. The molecule has 0 saturated heterocycles. The van der Waals surface area contributed by atoms with Gasteiger partial charge < -0.3 is 10.2 Å². The molecule has 0 aliphatic heterocycles. The maximum absolute atomic E-state index is 9.49. The smallest absolute Gasteiger partial charge is 0.178 e. The number of hydrogen-bond donors (Lipinski definition) is 2. The average Bonchev–Trinajstić information content (AvgIpc) is 2.32. The Balaban J connectivity index is 2.16. The molecule has 0 amide bonds. The van der Waals surface area contributed by atoms with E-state index in [9.17, 15) is 10.2 Å². The predicted molar refractivity (Wildman–Crippen MR) is 74.3 cm³/mol. The van der Waals surface area contributed by atoms with Gasteiger partial charge in [-0.25, -0.2) is 0 Å². The van der Waals surface area contributed by atoms with E-state index >= 15 is 0 Å². The van der Waals surface area contributed by atoms with Crippen LogP contribution in [0.5, 0.6) is 11.5 Å². The van der Waals surface area contributed by atoms with Crippen LogP contribution in [0.3, 0.4) is 0 Å². The van der Waals surface area contributed by atoms with Crippen LogP contribution in [0.4, 0.5) is 0 Å². The highest BCUT2D eigenvalue weighted by Crippen LogP contribution is 2.24. The van der Waals surface area contributed by atoms with Crippen LogP contribution in [0.1, 0.15) is 22.5 Å². The molecule has 0 radical (unpaired) electrons. The Kier molecular flexibility index (Phi) is 3.74. The molecule has 0 aliphatic carbocycles. The van der Waals surface area contributed by atoms with E-state index in [1.165, 1.54) is 23.0 Å². The highest BCUT2D eigenvalue weighted by atomic mass is 16.3. The molecule has 100 valence electrons. The molecule has 0 unspecified atom stereocenters. The van der Waals surface area contributed by atoms with Crippen molar-refractivity contribution >= 4 is 0 Å². The summed E-state index contributed by atoms with van der Waals surface area (Å²) < 4.78 is 2.26. The van der Waals surface area contributed by atoms with Crippen LogP contribution >= 0.6 is 0 Å². The first-order valence-corrected chi connectivity index (χ1v) is 6.46. The van der Waals surface area contributed by atoms with Gasteiger partial charge in [0.2, 0.25) is 0 Å². The van der Waals surface area contributed by atoms with Gasteiger partial charge >= 0.3 is 0 Å². The number of hydrogen-bond acceptors (Lipinski definition) is 2. The van der Waals surface area contributed by atoms with Crippen molar-refractivity contribution in [3.05, 3.63) is 52.8 Å². The molecule has 1 heterocycles. The van der Waals surface area contributed by atoms with Gasteiger partial charge in [0.1, 0.15) is 0 Å². The summed E-state index contributed by atoms with van der Waals surface area (Å²) in [5, 5.41) is 18.8. The van der Waals surface area contributed by atoms with Gasteiger partial charge in [-0.05, 0) is 30.2 Å². The molecule has 1 aromatic carbocycles. The Labute approximate surface area is 113 Å². The summed E-state index contributed by atoms with van der Waals surface area (Å²) in [5.41, 5.74) is 4.76. The highest BCUT2D eigenvalue weighted by Gasteiger charge is 2.12. The molecule has 1 aromatic heterocycles. The van der Waals surface area contributed by atoms with Gasteiger partial charge in [-0.3, -0.25) is 0 Å². The van der Waals surface area contributed by atoms with Crippen LogP contribution in [-0.4, -0.2) is 10.2 Å². The standard InChI is InChI=1S/C16H19NO2/c1-11-8-12(2)17(13(3)9-11)7-6-14-4-5-15(18)16(19)10-14/h4-5,8-10H,6-7H2,1-3H3,(H-,18,19)/p+1. The zero-order chi connectivity index (χ0) is 14.0. The van der Waals surface area contributed by atoms with Gasteiger partial charge in [0.15, 0.2) is 29.4 Å². The predicted octanol–water partition coefficient (Wildman–Crippen LogP) is 2.55. The molecule has 0 aliphatic rings. The van der Waals surface area contributed by atoms with Crippen molar-refractivity contribution in [2.24, 2.45) is 0 Å². The molecule has 2 aromatic rings. The molecule has 3 heteroatoms. The summed E-state index contributed by atoms with van der Waals surface area (Å²) in [5.74, 6) is -0.126. The van der Waals surface area contributed by atoms with Gasteiger partial charge in [-0.2, -0.15) is 4.57 Å². The van der Waals surface area contributed by atoms with Gasteiger partial charge in [0.25, 0.3) is 0 Å². The first-order chi connectivity index (χ1) is 8.97. The van der Waals surface area contributed by atoms with Gasteiger partial charge in [0.05, 0.1) is 0 Å². The van der Waals surface area contributed by atoms with E-state index in [0.29, 0.717) is 0 Å². The number of rotatable bonds is 3. The molecule has 2 N–H and O–H groups in total. The van der Waals surface area contributed by atoms with E-state index < -0.39 is 0 Å². The lowest BCUT2D eigenvalue weighted by atomic mass is 10.1. The number of pyridine rings is 1. The SMILES string of the molecule is Cc1cc(C)[n+](CCc2ccc(O)c(O)c2)c(C)c1. The minimum Gasteiger partial charge on any atom is -0.504 e. The Hall–Kier alpha value is -2.03. The number of phenols is 2. The fourth-order valence-corrected chi connectivity index (χ4v) is 2.45. The van der Waals surface area contributed by atoms with Crippen LogP contribution in [0, 0.1) is 20.8 Å². The average molecular weight is 258 g/mol. The minimum atomic E-state index is -0.0703. The normalized spacial score (nSPS) is 10.7. The van der Waals surface area contributed by atoms with Crippen molar-refractivity contribution in [1.29, 1.82) is 0 Å². The van der Waals surface area contributed by atoms with Crippen LogP contribution in [0.2, 0.25) is 0 Å². The van der Waals surface area contributed by atoms with Crippen molar-refractivity contribution in [3.8, 4) is 11.5 Å². The molecular weight excluding hydrogens is 238 g/mol. The number of aromatic nitrogens is 1. The van der Waals surface area contributed by atoms with Crippen molar-refractivity contribution in [2.45, 2.75) is 33.7 Å². The number of nitrogens with zero attached hydrogens (tertiary/aromatic N) is 1. The number of benzene rings is 1. The summed E-state index contributed by atoms with van der Waals surface area (Å²) in [6.45, 7) is 7.17. The number of aryl methyl sites for hydroxylation is 4. The zero-order valence-electron chi connectivity index (χ0n) is 11.6. The maximum Gasteiger partial charge on any atom is 0.178 e. The molecule has 2 rings (SSSR count). The molecule has 0 atom stereocenters. The first kappa shape index (κ1) is 13.4. The Morgan fingerprint density at radius 3 is 2.11 bits per heavy atom. The van der Waals surface area contributed by atoms with E-state index in [1.807, 2.05) is 6.07 Å². The largest absolute Gasteiger partial charge is 0.504 e. The zero-order valence-corrected chi connectivity index (χ0v) is 11.6. The van der Waals surface area contributed by atoms with Gasteiger partial charge in [-0.15, -0.1) is 0 Å². The first-order valence-electron chi connectivity index (χ1n) is 6.46. The van der Waals surface area contributed by atoms with E-state index in [0.717, 1.165) is 18.5 Å². The van der Waals surface area contributed by atoms with Gasteiger partial charge in [0, 0.05) is 32.4 Å². The molecular formula is C16H20NO2+. The van der Waals surface area contributed by atoms with E-state index in [-0.39, 0.29) is 11.5 Å². The van der Waals surface area contributed by atoms with E-state index in [4.69, 9.17) is 0 Å². The summed E-state index contributed by atoms with van der Waals surface area (Å²) in [7, 11) is 0. The van der Waals surface area contributed by atoms with E-state index in [2.05, 4.69) is 37.5 Å². The third kappa shape index (κ3) is 3.05. The highest BCUT2D eigenvalue weighted by molar-refractivity contribution is 5.40. The van der Waals surface area contributed by atoms with Crippen molar-refractivity contribution in [3.63, 3.8) is 0 Å². The summed E-state index contributed by atoms with van der Waals surface area (Å²) in [6.07, 6.45) is 0.823. The lowest BCUT2D eigenvalue weighted by Gasteiger charge is -2.06. The lowest BCUT2D eigenvalue weighted by Crippen LogP contribution is -2.41. The molecule has 19 heavy (non-hydrogen) atoms. The fraction of sp³-hybridized carbons (Fsp3) is 0.312. The third-order valence-corrected chi connectivity index (χ3v) is 3.39.